The van der Waals surface area contributed by atoms with Crippen molar-refractivity contribution in [3.63, 3.8) is 0 Å². The third-order valence-corrected chi connectivity index (χ3v) is 12.6. The number of hydrogen-bond acceptors (Lipinski definition) is 10. The molecule has 0 radical (unpaired) electrons. The van der Waals surface area contributed by atoms with E-state index in [1.165, 1.54) is 77.0 Å². The predicted octanol–water partition coefficient (Wildman–Crippen LogP) is 16.1. The Kier molecular flexibility index (Phi) is 50.0. The molecule has 11 nitrogen and oxygen atoms in total. The zero-order valence-corrected chi connectivity index (χ0v) is 45.4. The van der Waals surface area contributed by atoms with E-state index in [1.807, 2.05) is 0 Å². The Morgan fingerprint density at radius 3 is 1.20 bits per heavy atom. The highest BCUT2D eigenvalue weighted by Gasteiger charge is 2.28. The second-order valence-electron chi connectivity index (χ2n) is 18.4. The molecule has 0 fully saturated rings. The van der Waals surface area contributed by atoms with E-state index in [0.29, 0.717) is 19.3 Å². The number of carbonyl (C=O) groups is 3. The SMILES string of the molecule is CC/C=C\C/C=C\C/C=C\C/C=C\CCCCC(=O)OC(COC(=O)CCCCCCC/C=C\C/C=C\CCCCC)COP(=O)(O)OCC(CO)OC(=O)CCCCCCCCCCCCCCC. The van der Waals surface area contributed by atoms with Gasteiger partial charge in [-0.2, -0.15) is 0 Å². The van der Waals surface area contributed by atoms with Crippen molar-refractivity contribution >= 4 is 25.7 Å². The maximum absolute atomic E-state index is 12.9. The summed E-state index contributed by atoms with van der Waals surface area (Å²) in [6.45, 7) is 4.44. The van der Waals surface area contributed by atoms with Crippen LogP contribution in [0.1, 0.15) is 239 Å². The van der Waals surface area contributed by atoms with Gasteiger partial charge in [0.1, 0.15) is 12.7 Å². The van der Waals surface area contributed by atoms with Gasteiger partial charge in [0.05, 0.1) is 19.8 Å². The summed E-state index contributed by atoms with van der Waals surface area (Å²) in [5, 5.41) is 9.79. The average Bonchev–Trinajstić information content (AvgIpc) is 3.35. The molecule has 0 aromatic heterocycles. The Bertz CT molecular complexity index is 1450. The van der Waals surface area contributed by atoms with Crippen LogP contribution in [0.25, 0.3) is 0 Å². The topological polar surface area (TPSA) is 155 Å². The quantitative estimate of drug-likeness (QED) is 0.0197. The van der Waals surface area contributed by atoms with Gasteiger partial charge in [0.2, 0.25) is 0 Å². The number of aliphatic hydroxyl groups is 1. The minimum absolute atomic E-state index is 0.111. The van der Waals surface area contributed by atoms with Crippen LogP contribution in [-0.4, -0.2) is 66.5 Å². The van der Waals surface area contributed by atoms with E-state index < -0.39 is 57.8 Å². The second kappa shape index (κ2) is 52.2. The first-order valence-corrected chi connectivity index (χ1v) is 29.3. The van der Waals surface area contributed by atoms with Gasteiger partial charge in [-0.05, 0) is 89.9 Å². The number of carbonyl (C=O) groups excluding carboxylic acids is 3. The van der Waals surface area contributed by atoms with E-state index in [4.69, 9.17) is 23.3 Å². The van der Waals surface area contributed by atoms with Crippen LogP contribution < -0.4 is 0 Å². The van der Waals surface area contributed by atoms with Crippen LogP contribution in [0.15, 0.2) is 72.9 Å². The number of unbranched alkanes of at least 4 members (excludes halogenated alkanes) is 22. The fourth-order valence-corrected chi connectivity index (χ4v) is 8.16. The molecule has 0 amide bonds. The molecule has 12 heteroatoms. The minimum atomic E-state index is -4.76. The minimum Gasteiger partial charge on any atom is -0.462 e. The summed E-state index contributed by atoms with van der Waals surface area (Å²) in [5.41, 5.74) is 0. The van der Waals surface area contributed by atoms with E-state index in [1.54, 1.807) is 0 Å². The summed E-state index contributed by atoms with van der Waals surface area (Å²) in [5.74, 6) is -1.53. The summed E-state index contributed by atoms with van der Waals surface area (Å²) in [7, 11) is -4.76. The number of aliphatic hydroxyl groups excluding tert-OH is 1. The van der Waals surface area contributed by atoms with Crippen LogP contribution in [-0.2, 0) is 42.2 Å². The van der Waals surface area contributed by atoms with E-state index in [2.05, 4.69) is 93.7 Å². The number of rotatable bonds is 51. The van der Waals surface area contributed by atoms with E-state index in [9.17, 15) is 28.9 Å². The highest BCUT2D eigenvalue weighted by atomic mass is 31.2. The maximum Gasteiger partial charge on any atom is 0.472 e. The van der Waals surface area contributed by atoms with Gasteiger partial charge in [0, 0.05) is 19.3 Å². The molecule has 0 bridgehead atoms. The molecule has 0 aromatic rings. The highest BCUT2D eigenvalue weighted by molar-refractivity contribution is 7.47. The smallest absolute Gasteiger partial charge is 0.462 e. The van der Waals surface area contributed by atoms with Gasteiger partial charge in [-0.1, -0.05) is 203 Å². The lowest BCUT2D eigenvalue weighted by atomic mass is 10.0. The average molecular weight is 1010 g/mol. The molecule has 3 unspecified atom stereocenters. The molecule has 70 heavy (non-hydrogen) atoms. The lowest BCUT2D eigenvalue weighted by Crippen LogP contribution is -2.30. The highest BCUT2D eigenvalue weighted by Crippen LogP contribution is 2.43. The van der Waals surface area contributed by atoms with Gasteiger partial charge in [-0.25, -0.2) is 4.57 Å². The monoisotopic (exact) mass is 1000 g/mol. The molecule has 0 aliphatic heterocycles. The number of hydrogen-bond donors (Lipinski definition) is 2. The Morgan fingerprint density at radius 2 is 0.743 bits per heavy atom. The number of ether oxygens (including phenoxy) is 3. The maximum atomic E-state index is 12.9. The first-order chi connectivity index (χ1) is 34.2. The fourth-order valence-electron chi connectivity index (χ4n) is 7.38. The van der Waals surface area contributed by atoms with Gasteiger partial charge < -0.3 is 24.2 Å². The van der Waals surface area contributed by atoms with Crippen molar-refractivity contribution in [3.05, 3.63) is 72.9 Å². The Hall–Kier alpha value is -3.08. The van der Waals surface area contributed by atoms with Gasteiger partial charge in [-0.3, -0.25) is 23.4 Å². The Morgan fingerprint density at radius 1 is 0.414 bits per heavy atom. The summed E-state index contributed by atoms with van der Waals surface area (Å²) < 4.78 is 39.4. The van der Waals surface area contributed by atoms with Crippen molar-refractivity contribution in [1.29, 1.82) is 0 Å². The molecule has 0 aliphatic carbocycles. The van der Waals surface area contributed by atoms with Crippen molar-refractivity contribution < 1.29 is 52.2 Å². The number of allylic oxidation sites excluding steroid dienone is 12. The van der Waals surface area contributed by atoms with Crippen LogP contribution in [0.3, 0.4) is 0 Å². The molecule has 0 saturated carbocycles. The molecule has 3 atom stereocenters. The number of esters is 3. The van der Waals surface area contributed by atoms with Crippen LogP contribution in [0.2, 0.25) is 0 Å². The molecule has 0 heterocycles. The first kappa shape index (κ1) is 66.9. The zero-order valence-electron chi connectivity index (χ0n) is 44.5. The molecule has 0 aromatic carbocycles. The Labute approximate surface area is 427 Å². The van der Waals surface area contributed by atoms with E-state index >= 15 is 0 Å². The van der Waals surface area contributed by atoms with Crippen molar-refractivity contribution in [3.8, 4) is 0 Å². The molecular formula is C58H101O11P. The standard InChI is InChI=1S/C58H101O11P/c1-4-7-10-13-16-19-22-25-27-30-32-35-38-41-44-47-56(60)65-51-55(69-58(62)49-46-43-40-37-34-31-28-26-23-20-17-14-11-8-5-2)53-67-70(63,64)66-52-54(50-59)68-57(61)48-45-42-39-36-33-29-24-21-18-15-12-9-6-3/h8,11,16-17,19-20,25-28,34,37,54-55,59H,4-7,9-10,12-15,18,21-24,29-33,35-36,38-53H2,1-3H3,(H,63,64)/b11-8-,19-16-,20-17-,27-25-,28-26-,37-34-. The summed E-state index contributed by atoms with van der Waals surface area (Å²) in [4.78, 5) is 48.4. The van der Waals surface area contributed by atoms with Crippen molar-refractivity contribution in [2.45, 2.75) is 251 Å². The molecule has 0 saturated heterocycles. The normalized spacial score (nSPS) is 14.0. The molecule has 2 N–H and O–H groups in total. The van der Waals surface area contributed by atoms with Gasteiger partial charge >= 0.3 is 25.7 Å². The third kappa shape index (κ3) is 49.9. The van der Waals surface area contributed by atoms with Crippen molar-refractivity contribution in [2.75, 3.05) is 26.4 Å². The van der Waals surface area contributed by atoms with Crippen molar-refractivity contribution in [1.82, 2.24) is 0 Å². The van der Waals surface area contributed by atoms with Crippen molar-refractivity contribution in [2.24, 2.45) is 0 Å². The van der Waals surface area contributed by atoms with Gasteiger partial charge in [0.25, 0.3) is 0 Å². The fraction of sp³-hybridized carbons (Fsp3) is 0.741. The van der Waals surface area contributed by atoms with Crippen LogP contribution in [0, 0.1) is 0 Å². The van der Waals surface area contributed by atoms with Crippen LogP contribution in [0.5, 0.6) is 0 Å². The summed E-state index contributed by atoms with van der Waals surface area (Å²) in [6, 6.07) is 0. The molecule has 0 rings (SSSR count). The predicted molar refractivity (Wildman–Crippen MR) is 288 cm³/mol. The molecule has 404 valence electrons. The lowest BCUT2D eigenvalue weighted by molar-refractivity contribution is -0.161. The summed E-state index contributed by atoms with van der Waals surface area (Å²) >= 11 is 0. The number of phosphoric acid groups is 1. The summed E-state index contributed by atoms with van der Waals surface area (Å²) in [6.07, 6.45) is 57.2. The molecule has 0 aliphatic rings. The van der Waals surface area contributed by atoms with Crippen LogP contribution in [0.4, 0.5) is 0 Å². The largest absolute Gasteiger partial charge is 0.472 e. The Balaban J connectivity index is 4.81. The lowest BCUT2D eigenvalue weighted by Gasteiger charge is -2.21. The molecular weight excluding hydrogens is 904 g/mol. The zero-order chi connectivity index (χ0) is 51.3. The second-order valence-corrected chi connectivity index (χ2v) is 19.8. The number of phosphoric ester groups is 1. The van der Waals surface area contributed by atoms with Gasteiger partial charge in [0.15, 0.2) is 6.10 Å². The molecule has 0 spiro atoms. The van der Waals surface area contributed by atoms with Gasteiger partial charge in [-0.15, -0.1) is 0 Å². The van der Waals surface area contributed by atoms with Crippen LogP contribution >= 0.6 is 7.82 Å². The van der Waals surface area contributed by atoms with E-state index in [0.717, 1.165) is 103 Å². The first-order valence-electron chi connectivity index (χ1n) is 27.8. The third-order valence-electron chi connectivity index (χ3n) is 11.6. The van der Waals surface area contributed by atoms with E-state index in [-0.39, 0.29) is 25.9 Å².